The first-order chi connectivity index (χ1) is 5.88. The number of rotatable bonds is 1. The Hall–Kier alpha value is -1.71. The highest BCUT2D eigenvalue weighted by Gasteiger charge is 2.02. The molecule has 0 bridgehead atoms. The first kappa shape index (κ1) is 6.97. The standard InChI is InChI=1S/C8H7N4/c1-12-8(9-10-11-12)7-5-3-2-4-6-7/h2-3,5-6H,1H3. The van der Waals surface area contributed by atoms with Gasteiger partial charge in [-0.2, -0.15) is 0 Å². The van der Waals surface area contributed by atoms with Gasteiger partial charge >= 0.3 is 0 Å². The van der Waals surface area contributed by atoms with Crippen molar-refractivity contribution >= 4 is 0 Å². The normalized spacial score (nSPS) is 10.1. The molecule has 0 aliphatic carbocycles. The summed E-state index contributed by atoms with van der Waals surface area (Å²) in [5, 5.41) is 11.1. The quantitative estimate of drug-likeness (QED) is 0.614. The van der Waals surface area contributed by atoms with Gasteiger partial charge in [-0.25, -0.2) is 4.68 Å². The topological polar surface area (TPSA) is 43.6 Å². The minimum atomic E-state index is 0.756. The van der Waals surface area contributed by atoms with Gasteiger partial charge in [0.25, 0.3) is 0 Å². The molecule has 0 amide bonds. The smallest absolute Gasteiger partial charge is 0.181 e. The van der Waals surface area contributed by atoms with Crippen molar-refractivity contribution in [1.29, 1.82) is 0 Å². The van der Waals surface area contributed by atoms with Gasteiger partial charge in [-0.3, -0.25) is 0 Å². The van der Waals surface area contributed by atoms with E-state index < -0.39 is 0 Å². The Morgan fingerprint density at radius 1 is 1.50 bits per heavy atom. The maximum Gasteiger partial charge on any atom is 0.181 e. The maximum absolute atomic E-state index is 3.87. The van der Waals surface area contributed by atoms with Gasteiger partial charge in [-0.1, -0.05) is 18.2 Å². The third kappa shape index (κ3) is 1.07. The Balaban J connectivity index is 2.51. The van der Waals surface area contributed by atoms with Gasteiger partial charge in [0.2, 0.25) is 0 Å². The van der Waals surface area contributed by atoms with Gasteiger partial charge in [-0.05, 0) is 22.6 Å². The summed E-state index contributed by atoms with van der Waals surface area (Å²) in [6, 6.07) is 10.5. The zero-order chi connectivity index (χ0) is 8.39. The lowest BCUT2D eigenvalue weighted by atomic mass is 10.2. The van der Waals surface area contributed by atoms with Crippen LogP contribution in [0.4, 0.5) is 0 Å². The Morgan fingerprint density at radius 2 is 2.42 bits per heavy atom. The lowest BCUT2D eigenvalue weighted by molar-refractivity contribution is 0.714. The zero-order valence-electron chi connectivity index (χ0n) is 6.60. The van der Waals surface area contributed by atoms with Crippen LogP contribution in [0.5, 0.6) is 0 Å². The largest absolute Gasteiger partial charge is 0.229 e. The minimum absolute atomic E-state index is 0.756. The Bertz CT molecular complexity index is 366. The van der Waals surface area contributed by atoms with Crippen molar-refractivity contribution in [2.24, 2.45) is 7.05 Å². The van der Waals surface area contributed by atoms with Gasteiger partial charge < -0.3 is 0 Å². The molecule has 0 aliphatic rings. The molecule has 12 heavy (non-hydrogen) atoms. The summed E-state index contributed by atoms with van der Waals surface area (Å²) >= 11 is 0. The van der Waals surface area contributed by atoms with E-state index in [2.05, 4.69) is 21.6 Å². The summed E-state index contributed by atoms with van der Waals surface area (Å²) in [4.78, 5) is 0. The maximum atomic E-state index is 3.87. The van der Waals surface area contributed by atoms with E-state index >= 15 is 0 Å². The van der Waals surface area contributed by atoms with Crippen molar-refractivity contribution in [2.45, 2.75) is 0 Å². The fourth-order valence-corrected chi connectivity index (χ4v) is 1.01. The summed E-state index contributed by atoms with van der Waals surface area (Å²) in [7, 11) is 1.81. The zero-order valence-corrected chi connectivity index (χ0v) is 6.60. The summed E-state index contributed by atoms with van der Waals surface area (Å²) < 4.78 is 1.63. The van der Waals surface area contributed by atoms with Crippen molar-refractivity contribution in [2.75, 3.05) is 0 Å². The number of hydrogen-bond donors (Lipinski definition) is 0. The molecule has 59 valence electrons. The summed E-state index contributed by atoms with van der Waals surface area (Å²) in [5.41, 5.74) is 0.977. The molecule has 0 spiro atoms. The molecular weight excluding hydrogens is 152 g/mol. The second kappa shape index (κ2) is 2.73. The van der Waals surface area contributed by atoms with E-state index in [0.29, 0.717) is 0 Å². The number of tetrazole rings is 1. The molecule has 2 rings (SSSR count). The van der Waals surface area contributed by atoms with E-state index in [1.165, 1.54) is 0 Å². The molecule has 2 aromatic rings. The van der Waals surface area contributed by atoms with Crippen LogP contribution >= 0.6 is 0 Å². The molecule has 0 N–H and O–H groups in total. The number of benzene rings is 1. The second-order valence-corrected chi connectivity index (χ2v) is 2.42. The summed E-state index contributed by atoms with van der Waals surface area (Å²) in [6.07, 6.45) is 0. The Labute approximate surface area is 69.8 Å². The minimum Gasteiger partial charge on any atom is -0.229 e. The number of aryl methyl sites for hydroxylation is 1. The Kier molecular flexibility index (Phi) is 1.59. The van der Waals surface area contributed by atoms with Crippen LogP contribution in [0, 0.1) is 6.07 Å². The molecule has 0 saturated carbocycles. The van der Waals surface area contributed by atoms with Crippen LogP contribution in [0.1, 0.15) is 0 Å². The predicted octanol–water partition coefficient (Wildman–Crippen LogP) is 0.677. The van der Waals surface area contributed by atoms with E-state index in [-0.39, 0.29) is 0 Å². The molecule has 4 nitrogen and oxygen atoms in total. The Morgan fingerprint density at radius 3 is 3.00 bits per heavy atom. The van der Waals surface area contributed by atoms with Gasteiger partial charge in [0.15, 0.2) is 5.82 Å². The number of nitrogens with zero attached hydrogens (tertiary/aromatic N) is 4. The van der Waals surface area contributed by atoms with E-state index in [9.17, 15) is 0 Å². The van der Waals surface area contributed by atoms with Crippen LogP contribution in [-0.4, -0.2) is 20.2 Å². The fraction of sp³-hybridized carbons (Fsp3) is 0.125. The molecule has 0 fully saturated rings. The highest BCUT2D eigenvalue weighted by atomic mass is 15.5. The van der Waals surface area contributed by atoms with E-state index in [4.69, 9.17) is 0 Å². The van der Waals surface area contributed by atoms with Crippen LogP contribution in [-0.2, 0) is 7.05 Å². The average Bonchev–Trinajstić information content (AvgIpc) is 2.53. The van der Waals surface area contributed by atoms with Crippen molar-refractivity contribution < 1.29 is 0 Å². The van der Waals surface area contributed by atoms with Gasteiger partial charge in [-0.15, -0.1) is 5.10 Å². The van der Waals surface area contributed by atoms with Crippen LogP contribution in [0.15, 0.2) is 24.3 Å². The van der Waals surface area contributed by atoms with Crippen LogP contribution in [0.2, 0.25) is 0 Å². The van der Waals surface area contributed by atoms with E-state index in [1.807, 2.05) is 31.3 Å². The average molecular weight is 159 g/mol. The van der Waals surface area contributed by atoms with Crippen molar-refractivity contribution in [3.63, 3.8) is 0 Å². The molecule has 1 radical (unpaired) electrons. The third-order valence-electron chi connectivity index (χ3n) is 1.59. The van der Waals surface area contributed by atoms with E-state index in [0.717, 1.165) is 11.4 Å². The first-order valence-corrected chi connectivity index (χ1v) is 3.57. The van der Waals surface area contributed by atoms with Crippen LogP contribution < -0.4 is 0 Å². The van der Waals surface area contributed by atoms with Gasteiger partial charge in [0.05, 0.1) is 0 Å². The molecule has 0 saturated heterocycles. The summed E-state index contributed by atoms with van der Waals surface area (Å²) in [6.45, 7) is 0. The SMILES string of the molecule is Cn1nnnc1-c1c[c]ccc1. The fourth-order valence-electron chi connectivity index (χ4n) is 1.01. The van der Waals surface area contributed by atoms with Gasteiger partial charge in [0.1, 0.15) is 0 Å². The molecule has 0 unspecified atom stereocenters. The molecular formula is C8H7N4. The van der Waals surface area contributed by atoms with Crippen LogP contribution in [0.25, 0.3) is 11.4 Å². The van der Waals surface area contributed by atoms with Crippen molar-refractivity contribution in [3.8, 4) is 11.4 Å². The van der Waals surface area contributed by atoms with Crippen molar-refractivity contribution in [3.05, 3.63) is 30.3 Å². The highest BCUT2D eigenvalue weighted by molar-refractivity contribution is 5.53. The highest BCUT2D eigenvalue weighted by Crippen LogP contribution is 2.12. The molecule has 4 heteroatoms. The second-order valence-electron chi connectivity index (χ2n) is 2.42. The first-order valence-electron chi connectivity index (χ1n) is 3.57. The predicted molar refractivity (Wildman–Crippen MR) is 43.1 cm³/mol. The number of hydrogen-bond acceptors (Lipinski definition) is 3. The van der Waals surface area contributed by atoms with E-state index in [1.54, 1.807) is 4.68 Å². The molecule has 0 atom stereocenters. The lowest BCUT2D eigenvalue weighted by Gasteiger charge is -1.95. The molecule has 1 aromatic heterocycles. The number of aromatic nitrogens is 4. The monoisotopic (exact) mass is 159 g/mol. The third-order valence-corrected chi connectivity index (χ3v) is 1.59. The lowest BCUT2D eigenvalue weighted by Crippen LogP contribution is -1.93. The van der Waals surface area contributed by atoms with Crippen LogP contribution in [0.3, 0.4) is 0 Å². The molecule has 1 aromatic carbocycles. The van der Waals surface area contributed by atoms with Crippen molar-refractivity contribution in [1.82, 2.24) is 20.2 Å². The molecule has 0 aliphatic heterocycles. The van der Waals surface area contributed by atoms with Gasteiger partial charge in [0, 0.05) is 12.6 Å². The summed E-state index contributed by atoms with van der Waals surface area (Å²) in [5.74, 6) is 0.756. The molecule has 1 heterocycles.